The fourth-order valence-electron chi connectivity index (χ4n) is 0.843. The summed E-state index contributed by atoms with van der Waals surface area (Å²) in [6.07, 6.45) is 0. The first-order valence-electron chi connectivity index (χ1n) is 4.07. The molecule has 0 bridgehead atoms. The first-order chi connectivity index (χ1) is 7.09. The minimum absolute atomic E-state index is 0. The van der Waals surface area contributed by atoms with Gasteiger partial charge in [-0.2, -0.15) is 0 Å². The molecule has 0 aliphatic heterocycles. The van der Waals surface area contributed by atoms with Crippen LogP contribution in [0.1, 0.15) is 15.5 Å². The first kappa shape index (κ1) is 14.6. The molecule has 0 unspecified atom stereocenters. The Morgan fingerprint density at radius 3 is 2.94 bits per heavy atom. The van der Waals surface area contributed by atoms with Crippen molar-refractivity contribution in [2.75, 3.05) is 13.2 Å². The maximum Gasteiger partial charge on any atom is 0.294 e. The van der Waals surface area contributed by atoms with Crippen LogP contribution in [0.2, 0.25) is 0 Å². The monoisotopic (exact) mass is 267 g/mol. The van der Waals surface area contributed by atoms with E-state index in [1.165, 1.54) is 11.3 Å². The smallest absolute Gasteiger partial charge is 0.294 e. The fourth-order valence-corrected chi connectivity index (χ4v) is 1.44. The highest BCUT2D eigenvalue weighted by Crippen LogP contribution is 2.07. The molecule has 1 aromatic rings. The van der Waals surface area contributed by atoms with Gasteiger partial charge in [-0.05, 0) is 6.92 Å². The van der Waals surface area contributed by atoms with Crippen LogP contribution in [0.3, 0.4) is 0 Å². The quantitative estimate of drug-likeness (QED) is 0.484. The van der Waals surface area contributed by atoms with Gasteiger partial charge in [0.2, 0.25) is 0 Å². The molecule has 1 rings (SSSR count). The van der Waals surface area contributed by atoms with Gasteiger partial charge in [0.1, 0.15) is 12.3 Å². The molecule has 1 N–H and O–H groups in total. The van der Waals surface area contributed by atoms with Crippen molar-refractivity contribution in [1.29, 1.82) is 0 Å². The van der Waals surface area contributed by atoms with Gasteiger partial charge in [0.15, 0.2) is 0 Å². The molecule has 7 nitrogen and oxygen atoms in total. The normalized spacial score (nSPS) is 9.06. The molecular weight excluding hydrogens is 258 g/mol. The zero-order valence-electron chi connectivity index (χ0n) is 8.34. The minimum atomic E-state index is -0.904. The zero-order valence-corrected chi connectivity index (χ0v) is 9.97. The average Bonchev–Trinajstić information content (AvgIpc) is 2.59. The predicted molar refractivity (Wildman–Crippen MR) is 59.4 cm³/mol. The van der Waals surface area contributed by atoms with E-state index in [1.54, 1.807) is 12.3 Å². The number of nitrogens with zero attached hydrogens (tertiary/aromatic N) is 2. The van der Waals surface area contributed by atoms with Crippen molar-refractivity contribution in [2.45, 2.75) is 6.92 Å². The van der Waals surface area contributed by atoms with E-state index in [0.29, 0.717) is 5.69 Å². The lowest BCUT2D eigenvalue weighted by Gasteiger charge is -2.01. The number of rotatable bonds is 5. The Balaban J connectivity index is 0.00000225. The molecule has 0 spiro atoms. The van der Waals surface area contributed by atoms with Gasteiger partial charge in [-0.15, -0.1) is 33.9 Å². The van der Waals surface area contributed by atoms with Crippen LogP contribution in [0.25, 0.3) is 0 Å². The molecule has 9 heteroatoms. The van der Waals surface area contributed by atoms with Crippen LogP contribution in [0.4, 0.5) is 0 Å². The highest BCUT2D eigenvalue weighted by Gasteiger charge is 2.08. The Kier molecular flexibility index (Phi) is 6.35. The zero-order chi connectivity index (χ0) is 11.3. The third kappa shape index (κ3) is 4.89. The summed E-state index contributed by atoms with van der Waals surface area (Å²) in [4.78, 5) is 29.1. The van der Waals surface area contributed by atoms with E-state index < -0.39 is 5.09 Å². The maximum atomic E-state index is 11.3. The highest BCUT2D eigenvalue weighted by molar-refractivity contribution is 7.09. The van der Waals surface area contributed by atoms with Gasteiger partial charge in [-0.1, -0.05) is 0 Å². The molecule has 1 amide bonds. The minimum Gasteiger partial charge on any atom is -0.349 e. The van der Waals surface area contributed by atoms with Crippen LogP contribution in [-0.2, 0) is 4.84 Å². The van der Waals surface area contributed by atoms with Gasteiger partial charge < -0.3 is 10.2 Å². The van der Waals surface area contributed by atoms with Crippen molar-refractivity contribution in [3.05, 3.63) is 26.2 Å². The van der Waals surface area contributed by atoms with Crippen LogP contribution >= 0.6 is 23.7 Å². The number of halogens is 1. The van der Waals surface area contributed by atoms with Crippen molar-refractivity contribution in [2.24, 2.45) is 0 Å². The SMILES string of the molecule is Cc1nc(C(=O)NCCO[N+](=O)[O-])cs1.Cl. The summed E-state index contributed by atoms with van der Waals surface area (Å²) in [5.41, 5.74) is 0.318. The van der Waals surface area contributed by atoms with E-state index in [2.05, 4.69) is 15.1 Å². The van der Waals surface area contributed by atoms with Gasteiger partial charge in [-0.3, -0.25) is 4.79 Å². The first-order valence-corrected chi connectivity index (χ1v) is 4.95. The van der Waals surface area contributed by atoms with Crippen molar-refractivity contribution < 1.29 is 14.7 Å². The van der Waals surface area contributed by atoms with Gasteiger partial charge >= 0.3 is 0 Å². The van der Waals surface area contributed by atoms with Crippen molar-refractivity contribution in [3.63, 3.8) is 0 Å². The molecule has 0 saturated carbocycles. The summed E-state index contributed by atoms with van der Waals surface area (Å²) in [7, 11) is 0. The van der Waals surface area contributed by atoms with Crippen molar-refractivity contribution in [3.8, 4) is 0 Å². The summed E-state index contributed by atoms with van der Waals surface area (Å²) >= 11 is 1.37. The van der Waals surface area contributed by atoms with Gasteiger partial charge in [-0.25, -0.2) is 4.98 Å². The largest absolute Gasteiger partial charge is 0.349 e. The number of amides is 1. The van der Waals surface area contributed by atoms with Crippen LogP contribution < -0.4 is 5.32 Å². The lowest BCUT2D eigenvalue weighted by molar-refractivity contribution is -0.757. The number of nitrogens with one attached hydrogen (secondary N) is 1. The standard InChI is InChI=1S/C7H9N3O4S.ClH/c1-5-9-6(4-15-5)7(11)8-2-3-14-10(12)13;/h4H,2-3H2,1H3,(H,8,11);1H. The lowest BCUT2D eigenvalue weighted by Crippen LogP contribution is -2.28. The summed E-state index contributed by atoms with van der Waals surface area (Å²) in [6, 6.07) is 0. The highest BCUT2D eigenvalue weighted by atomic mass is 35.5. The topological polar surface area (TPSA) is 94.4 Å². The molecule has 0 aliphatic carbocycles. The Morgan fingerprint density at radius 2 is 2.44 bits per heavy atom. The average molecular weight is 268 g/mol. The molecular formula is C7H10ClN3O4S. The second-order valence-electron chi connectivity index (χ2n) is 2.56. The predicted octanol–water partition coefficient (Wildman–Crippen LogP) is 0.811. The number of hydrogen-bond acceptors (Lipinski definition) is 6. The molecule has 0 radical (unpaired) electrons. The summed E-state index contributed by atoms with van der Waals surface area (Å²) in [6.45, 7) is 1.70. The molecule has 0 fully saturated rings. The van der Waals surface area contributed by atoms with Crippen LogP contribution in [0.15, 0.2) is 5.38 Å². The van der Waals surface area contributed by atoms with E-state index >= 15 is 0 Å². The van der Waals surface area contributed by atoms with Crippen molar-refractivity contribution in [1.82, 2.24) is 10.3 Å². The van der Waals surface area contributed by atoms with E-state index in [0.717, 1.165) is 5.01 Å². The molecule has 90 valence electrons. The second-order valence-corrected chi connectivity index (χ2v) is 3.63. The number of carbonyl (C=O) groups excluding carboxylic acids is 1. The summed E-state index contributed by atoms with van der Waals surface area (Å²) in [5, 5.41) is 13.7. The molecule has 0 atom stereocenters. The Labute approximate surface area is 101 Å². The molecule has 1 heterocycles. The van der Waals surface area contributed by atoms with Gasteiger partial charge in [0.25, 0.3) is 11.0 Å². The fraction of sp³-hybridized carbons (Fsp3) is 0.429. The Hall–Kier alpha value is -1.41. The second kappa shape index (κ2) is 6.96. The number of hydrogen-bond donors (Lipinski definition) is 1. The third-order valence-corrected chi connectivity index (χ3v) is 2.21. The Bertz CT molecular complexity index is 370. The Morgan fingerprint density at radius 1 is 1.75 bits per heavy atom. The van der Waals surface area contributed by atoms with Gasteiger partial charge in [0.05, 0.1) is 5.01 Å². The molecule has 16 heavy (non-hydrogen) atoms. The van der Waals surface area contributed by atoms with E-state index in [-0.39, 0.29) is 31.5 Å². The van der Waals surface area contributed by atoms with E-state index in [4.69, 9.17) is 0 Å². The van der Waals surface area contributed by atoms with Gasteiger partial charge in [0, 0.05) is 11.9 Å². The van der Waals surface area contributed by atoms with Crippen molar-refractivity contribution >= 4 is 29.7 Å². The van der Waals surface area contributed by atoms with E-state index in [9.17, 15) is 14.9 Å². The maximum absolute atomic E-state index is 11.3. The molecule has 0 aromatic carbocycles. The molecule has 0 aliphatic rings. The van der Waals surface area contributed by atoms with E-state index in [1.807, 2.05) is 0 Å². The number of thiazole rings is 1. The third-order valence-electron chi connectivity index (χ3n) is 1.44. The lowest BCUT2D eigenvalue weighted by atomic mass is 10.4. The molecule has 0 saturated heterocycles. The van der Waals surface area contributed by atoms with Crippen LogP contribution in [0, 0.1) is 17.0 Å². The summed E-state index contributed by atoms with van der Waals surface area (Å²) in [5.74, 6) is -0.355. The summed E-state index contributed by atoms with van der Waals surface area (Å²) < 4.78 is 0. The van der Waals surface area contributed by atoms with Crippen LogP contribution in [0.5, 0.6) is 0 Å². The molecule has 1 aromatic heterocycles. The number of aromatic nitrogens is 1. The van der Waals surface area contributed by atoms with Crippen LogP contribution in [-0.4, -0.2) is 29.1 Å². The number of aryl methyl sites for hydroxylation is 1. The number of carbonyl (C=O) groups is 1.